The number of hydrogen-bond acceptors (Lipinski definition) is 5. The van der Waals surface area contributed by atoms with Crippen LogP contribution in [-0.2, 0) is 4.74 Å². The van der Waals surface area contributed by atoms with Gasteiger partial charge in [-0.15, -0.1) is 0 Å². The molecule has 1 aliphatic heterocycles. The predicted molar refractivity (Wildman–Crippen MR) is 89.7 cm³/mol. The third-order valence-electron chi connectivity index (χ3n) is 6.70. The van der Waals surface area contributed by atoms with Crippen LogP contribution < -0.4 is 5.01 Å². The second-order valence-electron chi connectivity index (χ2n) is 7.62. The van der Waals surface area contributed by atoms with Crippen molar-refractivity contribution in [3.63, 3.8) is 0 Å². The molecule has 0 aromatic heterocycles. The molecule has 24 heavy (non-hydrogen) atoms. The first-order chi connectivity index (χ1) is 11.8. The van der Waals surface area contributed by atoms with E-state index in [1.54, 1.807) is 0 Å². The fraction of sp³-hybridized carbons (Fsp3) is 0.632. The van der Waals surface area contributed by atoms with Crippen molar-refractivity contribution in [3.05, 3.63) is 29.8 Å². The molecule has 5 rings (SSSR count). The number of carbonyl (C=O) groups is 1. The van der Waals surface area contributed by atoms with Gasteiger partial charge in [0.2, 0.25) is 0 Å². The van der Waals surface area contributed by atoms with Gasteiger partial charge in [0, 0.05) is 0 Å². The standard InChI is InChI=1S/C19H23N3O2/c1-2-24-19(23)11-6-8-12(9-7-11)22-18-16-10-15(17(18)20-21-22)13-4-3-5-14(13)16/h6-9,13-18H,2-5,10H2,1H3/t13-,14-,15+,16+,17-,18-/m0/s1. The summed E-state index contributed by atoms with van der Waals surface area (Å²) in [4.78, 5) is 11.8. The van der Waals surface area contributed by atoms with E-state index in [1.807, 2.05) is 31.2 Å². The molecule has 1 aromatic rings. The summed E-state index contributed by atoms with van der Waals surface area (Å²) in [5.74, 6) is 3.02. The van der Waals surface area contributed by atoms with Gasteiger partial charge < -0.3 is 4.74 Å². The van der Waals surface area contributed by atoms with Gasteiger partial charge in [0.05, 0.1) is 29.9 Å². The highest BCUT2D eigenvalue weighted by Gasteiger charge is 2.62. The quantitative estimate of drug-likeness (QED) is 0.793. The fourth-order valence-electron chi connectivity index (χ4n) is 5.88. The first-order valence-electron chi connectivity index (χ1n) is 9.25. The minimum atomic E-state index is -0.265. The maximum Gasteiger partial charge on any atom is 0.338 e. The van der Waals surface area contributed by atoms with Crippen molar-refractivity contribution in [1.82, 2.24) is 0 Å². The lowest BCUT2D eigenvalue weighted by atomic mass is 9.76. The van der Waals surface area contributed by atoms with Crippen molar-refractivity contribution in [3.8, 4) is 0 Å². The Morgan fingerprint density at radius 2 is 1.92 bits per heavy atom. The normalized spacial score (nSPS) is 38.5. The van der Waals surface area contributed by atoms with E-state index in [-0.39, 0.29) is 5.97 Å². The number of ether oxygens (including phenoxy) is 1. The topological polar surface area (TPSA) is 54.3 Å². The number of rotatable bonds is 3. The van der Waals surface area contributed by atoms with E-state index in [2.05, 4.69) is 15.3 Å². The molecule has 126 valence electrons. The maximum atomic E-state index is 11.8. The minimum absolute atomic E-state index is 0.265. The van der Waals surface area contributed by atoms with E-state index >= 15 is 0 Å². The lowest BCUT2D eigenvalue weighted by Gasteiger charge is -2.35. The van der Waals surface area contributed by atoms with Crippen LogP contribution in [0.3, 0.4) is 0 Å². The van der Waals surface area contributed by atoms with E-state index in [0.717, 1.165) is 29.4 Å². The third-order valence-corrected chi connectivity index (χ3v) is 6.70. The Bertz CT molecular complexity index is 686. The zero-order chi connectivity index (χ0) is 16.3. The van der Waals surface area contributed by atoms with Crippen LogP contribution in [0.5, 0.6) is 0 Å². The van der Waals surface area contributed by atoms with Crippen LogP contribution in [-0.4, -0.2) is 24.7 Å². The minimum Gasteiger partial charge on any atom is -0.462 e. The van der Waals surface area contributed by atoms with Gasteiger partial charge in [-0.25, -0.2) is 9.80 Å². The van der Waals surface area contributed by atoms with Crippen molar-refractivity contribution in [2.75, 3.05) is 11.6 Å². The Hall–Kier alpha value is -1.91. The first-order valence-corrected chi connectivity index (χ1v) is 9.25. The molecule has 0 saturated heterocycles. The molecule has 1 aromatic carbocycles. The molecule has 5 nitrogen and oxygen atoms in total. The molecule has 3 saturated carbocycles. The van der Waals surface area contributed by atoms with Gasteiger partial charge in [0.1, 0.15) is 0 Å². The summed E-state index contributed by atoms with van der Waals surface area (Å²) in [7, 11) is 0. The van der Waals surface area contributed by atoms with Gasteiger partial charge in [-0.2, -0.15) is 5.11 Å². The maximum absolute atomic E-state index is 11.8. The molecule has 3 aliphatic carbocycles. The highest BCUT2D eigenvalue weighted by molar-refractivity contribution is 5.89. The Labute approximate surface area is 142 Å². The molecule has 0 radical (unpaired) electrons. The Balaban J connectivity index is 1.39. The number of benzene rings is 1. The summed E-state index contributed by atoms with van der Waals surface area (Å²) < 4.78 is 5.06. The van der Waals surface area contributed by atoms with E-state index < -0.39 is 0 Å². The van der Waals surface area contributed by atoms with Gasteiger partial charge >= 0.3 is 5.97 Å². The molecular weight excluding hydrogens is 302 g/mol. The van der Waals surface area contributed by atoms with Crippen LogP contribution >= 0.6 is 0 Å². The van der Waals surface area contributed by atoms with Crippen LogP contribution in [0.15, 0.2) is 34.6 Å². The number of nitrogens with zero attached hydrogens (tertiary/aromatic N) is 3. The molecule has 5 heteroatoms. The molecule has 4 aliphatic rings. The van der Waals surface area contributed by atoms with Gasteiger partial charge in [-0.3, -0.25) is 0 Å². The van der Waals surface area contributed by atoms with Gasteiger partial charge in [-0.05, 0) is 74.1 Å². The number of fused-ring (bicyclic) bond motifs is 8. The molecule has 0 spiro atoms. The van der Waals surface area contributed by atoms with Crippen LogP contribution in [0.4, 0.5) is 5.69 Å². The monoisotopic (exact) mass is 325 g/mol. The fourth-order valence-corrected chi connectivity index (χ4v) is 5.88. The first kappa shape index (κ1) is 14.4. The van der Waals surface area contributed by atoms with Crippen molar-refractivity contribution in [2.45, 2.75) is 44.7 Å². The van der Waals surface area contributed by atoms with Crippen LogP contribution in [0, 0.1) is 23.7 Å². The van der Waals surface area contributed by atoms with Gasteiger partial charge in [-0.1, -0.05) is 11.6 Å². The third kappa shape index (κ3) is 1.90. The zero-order valence-corrected chi connectivity index (χ0v) is 14.0. The van der Waals surface area contributed by atoms with E-state index in [1.165, 1.54) is 25.7 Å². The average Bonchev–Trinajstić information content (AvgIpc) is 3.33. The summed E-state index contributed by atoms with van der Waals surface area (Å²) in [6.07, 6.45) is 5.53. The second kappa shape index (κ2) is 5.30. The van der Waals surface area contributed by atoms with E-state index in [4.69, 9.17) is 4.74 Å². The van der Waals surface area contributed by atoms with Crippen molar-refractivity contribution >= 4 is 11.7 Å². The summed E-state index contributed by atoms with van der Waals surface area (Å²) in [5.41, 5.74) is 1.64. The van der Waals surface area contributed by atoms with Crippen LogP contribution in [0.25, 0.3) is 0 Å². The summed E-state index contributed by atoms with van der Waals surface area (Å²) in [5, 5.41) is 11.3. The largest absolute Gasteiger partial charge is 0.462 e. The molecule has 0 N–H and O–H groups in total. The Morgan fingerprint density at radius 3 is 2.67 bits per heavy atom. The molecule has 6 atom stereocenters. The van der Waals surface area contributed by atoms with Crippen LogP contribution in [0.1, 0.15) is 43.0 Å². The number of esters is 1. The lowest BCUT2D eigenvalue weighted by Crippen LogP contribution is -2.44. The summed E-state index contributed by atoms with van der Waals surface area (Å²) in [6.45, 7) is 2.22. The molecule has 1 heterocycles. The van der Waals surface area contributed by atoms with Gasteiger partial charge in [0.15, 0.2) is 0 Å². The number of anilines is 1. The van der Waals surface area contributed by atoms with Crippen molar-refractivity contribution in [2.24, 2.45) is 34.0 Å². The molecule has 2 bridgehead atoms. The summed E-state index contributed by atoms with van der Waals surface area (Å²) in [6, 6.07) is 8.45. The smallest absolute Gasteiger partial charge is 0.338 e. The van der Waals surface area contributed by atoms with Gasteiger partial charge in [0.25, 0.3) is 0 Å². The molecular formula is C19H23N3O2. The average molecular weight is 325 g/mol. The zero-order valence-electron chi connectivity index (χ0n) is 14.0. The van der Waals surface area contributed by atoms with Crippen molar-refractivity contribution < 1.29 is 9.53 Å². The highest BCUT2D eigenvalue weighted by atomic mass is 16.5. The molecule has 0 amide bonds. The molecule has 3 fully saturated rings. The highest BCUT2D eigenvalue weighted by Crippen LogP contribution is 2.62. The number of hydrogen-bond donors (Lipinski definition) is 0. The second-order valence-corrected chi connectivity index (χ2v) is 7.62. The Kier molecular flexibility index (Phi) is 3.19. The van der Waals surface area contributed by atoms with E-state index in [0.29, 0.717) is 24.3 Å². The Morgan fingerprint density at radius 1 is 1.17 bits per heavy atom. The summed E-state index contributed by atoms with van der Waals surface area (Å²) >= 11 is 0. The SMILES string of the molecule is CCOC(=O)c1ccc(N2N=N[C@H]3[C@@H]4C[C@H]([C@H]5CCC[C@@H]54)[C@@H]32)cc1. The number of carbonyl (C=O) groups excluding carboxylic acids is 1. The predicted octanol–water partition coefficient (Wildman–Crippen LogP) is 3.85. The van der Waals surface area contributed by atoms with Crippen molar-refractivity contribution in [1.29, 1.82) is 0 Å². The van der Waals surface area contributed by atoms with Crippen LogP contribution in [0.2, 0.25) is 0 Å². The van der Waals surface area contributed by atoms with E-state index in [9.17, 15) is 4.79 Å². The lowest BCUT2D eigenvalue weighted by molar-refractivity contribution is 0.0526. The molecule has 0 unspecified atom stereocenters.